The topological polar surface area (TPSA) is 129 Å². The number of nitrogens with one attached hydrogen (secondary N) is 1. The SMILES string of the molecule is CCC(CC)Cn1c(=O)c(=O)[nH]c2cc([N+](=O)[O-])c(-n3cccc3C(=O)OC)cc21. The second-order valence-electron chi connectivity index (χ2n) is 6.92. The number of aromatic nitrogens is 3. The molecule has 30 heavy (non-hydrogen) atoms. The van der Waals surface area contributed by atoms with E-state index in [9.17, 15) is 24.5 Å². The Morgan fingerprint density at radius 3 is 2.57 bits per heavy atom. The summed E-state index contributed by atoms with van der Waals surface area (Å²) in [6, 6.07) is 5.68. The third-order valence-corrected chi connectivity index (χ3v) is 5.27. The van der Waals surface area contributed by atoms with E-state index in [1.54, 1.807) is 6.07 Å². The molecule has 0 unspecified atom stereocenters. The summed E-state index contributed by atoms with van der Waals surface area (Å²) in [6.07, 6.45) is 3.11. The molecule has 10 heteroatoms. The maximum absolute atomic E-state index is 12.6. The Balaban J connectivity index is 2.37. The molecule has 0 saturated carbocycles. The van der Waals surface area contributed by atoms with Crippen LogP contribution in [0.15, 0.2) is 40.1 Å². The van der Waals surface area contributed by atoms with E-state index in [0.717, 1.165) is 12.8 Å². The van der Waals surface area contributed by atoms with Crippen molar-refractivity contribution in [3.05, 3.63) is 67.0 Å². The maximum Gasteiger partial charge on any atom is 0.355 e. The van der Waals surface area contributed by atoms with Gasteiger partial charge in [0, 0.05) is 18.8 Å². The summed E-state index contributed by atoms with van der Waals surface area (Å²) < 4.78 is 7.43. The first-order valence-corrected chi connectivity index (χ1v) is 9.53. The van der Waals surface area contributed by atoms with Crippen LogP contribution < -0.4 is 11.1 Å². The number of rotatable bonds is 7. The highest BCUT2D eigenvalue weighted by Gasteiger charge is 2.23. The average molecular weight is 414 g/mol. The molecule has 0 spiro atoms. The number of benzene rings is 1. The molecule has 158 valence electrons. The van der Waals surface area contributed by atoms with Gasteiger partial charge in [-0.1, -0.05) is 26.7 Å². The predicted octanol–water partition coefficient (Wildman–Crippen LogP) is 2.61. The van der Waals surface area contributed by atoms with Gasteiger partial charge in [-0.05, 0) is 24.1 Å². The van der Waals surface area contributed by atoms with E-state index in [1.165, 1.54) is 40.6 Å². The quantitative estimate of drug-likeness (QED) is 0.274. The van der Waals surface area contributed by atoms with E-state index < -0.39 is 22.0 Å². The van der Waals surface area contributed by atoms with Gasteiger partial charge in [0.25, 0.3) is 5.69 Å². The minimum Gasteiger partial charge on any atom is -0.464 e. The highest BCUT2D eigenvalue weighted by atomic mass is 16.6. The lowest BCUT2D eigenvalue weighted by Gasteiger charge is -2.17. The number of esters is 1. The molecule has 1 N–H and O–H groups in total. The van der Waals surface area contributed by atoms with E-state index in [2.05, 4.69) is 4.98 Å². The van der Waals surface area contributed by atoms with Crippen molar-refractivity contribution in [2.24, 2.45) is 5.92 Å². The molecular formula is C20H22N4O6. The molecule has 0 atom stereocenters. The molecule has 3 aromatic rings. The molecule has 2 aromatic heterocycles. The zero-order chi connectivity index (χ0) is 22.0. The summed E-state index contributed by atoms with van der Waals surface area (Å²) in [7, 11) is 1.21. The fourth-order valence-corrected chi connectivity index (χ4v) is 3.48. The van der Waals surface area contributed by atoms with Crippen molar-refractivity contribution >= 4 is 22.7 Å². The Morgan fingerprint density at radius 1 is 1.27 bits per heavy atom. The number of fused-ring (bicyclic) bond motifs is 1. The fourth-order valence-electron chi connectivity index (χ4n) is 3.48. The second kappa shape index (κ2) is 8.36. The molecule has 0 aliphatic carbocycles. The molecule has 0 aliphatic heterocycles. The molecule has 2 heterocycles. The Hall–Kier alpha value is -3.69. The number of methoxy groups -OCH3 is 1. The van der Waals surface area contributed by atoms with E-state index in [1.807, 2.05) is 13.8 Å². The molecule has 10 nitrogen and oxygen atoms in total. The first kappa shape index (κ1) is 21.0. The van der Waals surface area contributed by atoms with Crippen LogP contribution in [0.4, 0.5) is 5.69 Å². The number of aromatic amines is 1. The lowest BCUT2D eigenvalue weighted by molar-refractivity contribution is -0.384. The maximum atomic E-state index is 12.6. The fraction of sp³-hybridized carbons (Fsp3) is 0.350. The van der Waals surface area contributed by atoms with Crippen LogP contribution >= 0.6 is 0 Å². The first-order valence-electron chi connectivity index (χ1n) is 9.53. The monoisotopic (exact) mass is 414 g/mol. The molecule has 0 bridgehead atoms. The van der Waals surface area contributed by atoms with Gasteiger partial charge in [-0.2, -0.15) is 0 Å². The molecule has 3 rings (SSSR count). The molecular weight excluding hydrogens is 392 g/mol. The van der Waals surface area contributed by atoms with Gasteiger partial charge in [0.2, 0.25) is 0 Å². The van der Waals surface area contributed by atoms with Crippen LogP contribution in [0.25, 0.3) is 16.7 Å². The van der Waals surface area contributed by atoms with Crippen LogP contribution in [0.3, 0.4) is 0 Å². The third kappa shape index (κ3) is 3.63. The first-order chi connectivity index (χ1) is 14.3. The van der Waals surface area contributed by atoms with Crippen LogP contribution in [0, 0.1) is 16.0 Å². The number of hydrogen-bond donors (Lipinski definition) is 1. The zero-order valence-corrected chi connectivity index (χ0v) is 16.9. The Labute approximate surface area is 170 Å². The highest BCUT2D eigenvalue weighted by molar-refractivity contribution is 5.90. The lowest BCUT2D eigenvalue weighted by Crippen LogP contribution is -2.37. The van der Waals surface area contributed by atoms with Gasteiger partial charge in [0.15, 0.2) is 0 Å². The molecule has 0 amide bonds. The van der Waals surface area contributed by atoms with Gasteiger partial charge in [-0.15, -0.1) is 0 Å². The molecule has 0 aliphatic rings. The van der Waals surface area contributed by atoms with Gasteiger partial charge in [0.05, 0.1) is 23.1 Å². The number of nitro groups is 1. The molecule has 1 aromatic carbocycles. The normalized spacial score (nSPS) is 11.2. The third-order valence-electron chi connectivity index (χ3n) is 5.27. The van der Waals surface area contributed by atoms with Crippen molar-refractivity contribution < 1.29 is 14.5 Å². The van der Waals surface area contributed by atoms with E-state index >= 15 is 0 Å². The van der Waals surface area contributed by atoms with Crippen LogP contribution in [0.1, 0.15) is 37.2 Å². The van der Waals surface area contributed by atoms with Crippen molar-refractivity contribution in [2.75, 3.05) is 7.11 Å². The smallest absolute Gasteiger partial charge is 0.355 e. The predicted molar refractivity (Wildman–Crippen MR) is 110 cm³/mol. The number of ether oxygens (including phenoxy) is 1. The van der Waals surface area contributed by atoms with Crippen molar-refractivity contribution in [2.45, 2.75) is 33.2 Å². The molecule has 0 saturated heterocycles. The van der Waals surface area contributed by atoms with Crippen LogP contribution in [-0.4, -0.2) is 32.1 Å². The van der Waals surface area contributed by atoms with Crippen LogP contribution in [0.5, 0.6) is 0 Å². The standard InChI is InChI=1S/C20H22N4O6/c1-4-12(5-2)11-23-15-10-16(22-8-6-7-14(22)20(27)30-3)17(24(28)29)9-13(15)21-18(25)19(23)26/h6-10,12H,4-5,11H2,1-3H3,(H,21,25). The minimum absolute atomic E-state index is 0.0858. The summed E-state index contributed by atoms with van der Waals surface area (Å²) in [5.41, 5.74) is -1.20. The van der Waals surface area contributed by atoms with Gasteiger partial charge in [0.1, 0.15) is 11.4 Å². The van der Waals surface area contributed by atoms with Gasteiger partial charge in [-0.25, -0.2) is 4.79 Å². The number of nitrogens with zero attached hydrogens (tertiary/aromatic N) is 3. The Morgan fingerprint density at radius 2 is 1.97 bits per heavy atom. The summed E-state index contributed by atoms with van der Waals surface area (Å²) in [5, 5.41) is 11.7. The van der Waals surface area contributed by atoms with Crippen molar-refractivity contribution in [3.8, 4) is 5.69 Å². The van der Waals surface area contributed by atoms with Crippen LogP contribution in [-0.2, 0) is 11.3 Å². The number of carbonyl (C=O) groups excluding carboxylic acids is 1. The Bertz CT molecular complexity index is 1230. The summed E-state index contributed by atoms with van der Waals surface area (Å²) >= 11 is 0. The minimum atomic E-state index is -0.841. The zero-order valence-electron chi connectivity index (χ0n) is 16.9. The molecule has 0 radical (unpaired) electrons. The van der Waals surface area contributed by atoms with Gasteiger partial charge < -0.3 is 18.9 Å². The van der Waals surface area contributed by atoms with Crippen molar-refractivity contribution in [3.63, 3.8) is 0 Å². The van der Waals surface area contributed by atoms with Crippen molar-refractivity contribution in [1.29, 1.82) is 0 Å². The van der Waals surface area contributed by atoms with E-state index in [4.69, 9.17) is 4.74 Å². The van der Waals surface area contributed by atoms with E-state index in [-0.39, 0.29) is 28.5 Å². The van der Waals surface area contributed by atoms with Gasteiger partial charge in [-0.3, -0.25) is 19.7 Å². The summed E-state index contributed by atoms with van der Waals surface area (Å²) in [4.78, 5) is 50.4. The second-order valence-corrected chi connectivity index (χ2v) is 6.92. The number of nitro benzene ring substituents is 1. The molecule has 0 fully saturated rings. The largest absolute Gasteiger partial charge is 0.464 e. The van der Waals surface area contributed by atoms with E-state index in [0.29, 0.717) is 12.1 Å². The van der Waals surface area contributed by atoms with Crippen LogP contribution in [0.2, 0.25) is 0 Å². The summed E-state index contributed by atoms with van der Waals surface area (Å²) in [5.74, 6) is -0.506. The van der Waals surface area contributed by atoms with Gasteiger partial charge >= 0.3 is 17.1 Å². The lowest BCUT2D eigenvalue weighted by atomic mass is 10.0. The average Bonchev–Trinajstić information content (AvgIpc) is 3.22. The Kier molecular flexibility index (Phi) is 5.86. The number of H-pyrrole nitrogens is 1. The summed E-state index contributed by atoms with van der Waals surface area (Å²) in [6.45, 7) is 4.29. The highest BCUT2D eigenvalue weighted by Crippen LogP contribution is 2.29. The van der Waals surface area contributed by atoms with Crippen molar-refractivity contribution in [1.82, 2.24) is 14.1 Å². The number of carbonyl (C=O) groups is 1. The number of hydrogen-bond acceptors (Lipinski definition) is 6.